The molecular formula is C17H22N6O3S. The average Bonchev–Trinajstić information content (AvgIpc) is 2.90. The lowest BCUT2D eigenvalue weighted by atomic mass is 10.2. The van der Waals surface area contributed by atoms with Crippen molar-refractivity contribution in [3.05, 3.63) is 40.2 Å². The molecule has 3 rings (SSSR count). The summed E-state index contributed by atoms with van der Waals surface area (Å²) < 4.78 is 2.13. The molecule has 2 N–H and O–H groups in total. The molecule has 27 heavy (non-hydrogen) atoms. The van der Waals surface area contributed by atoms with Crippen LogP contribution in [0.4, 0.5) is 11.4 Å². The summed E-state index contributed by atoms with van der Waals surface area (Å²) in [5.74, 6) is 1.26. The number of carbonyl (C=O) groups excluding carboxylic acids is 1. The summed E-state index contributed by atoms with van der Waals surface area (Å²) in [4.78, 5) is 22.2. The predicted molar refractivity (Wildman–Crippen MR) is 103 cm³/mol. The van der Waals surface area contributed by atoms with Crippen LogP contribution in [0.3, 0.4) is 0 Å². The Bertz CT molecular complexity index is 792. The minimum absolute atomic E-state index is 0.0530. The van der Waals surface area contributed by atoms with Crippen LogP contribution in [-0.4, -0.2) is 44.4 Å². The number of fused-ring (bicyclic) bond motifs is 1. The van der Waals surface area contributed by atoms with Gasteiger partial charge < -0.3 is 15.2 Å². The predicted octanol–water partition coefficient (Wildman–Crippen LogP) is 2.23. The van der Waals surface area contributed by atoms with Crippen molar-refractivity contribution in [2.45, 2.75) is 37.4 Å². The van der Waals surface area contributed by atoms with Crippen LogP contribution in [0.25, 0.3) is 0 Å². The Balaban J connectivity index is 1.36. The first-order valence-corrected chi connectivity index (χ1v) is 9.92. The molecule has 0 radical (unpaired) electrons. The van der Waals surface area contributed by atoms with E-state index in [4.69, 9.17) is 0 Å². The van der Waals surface area contributed by atoms with Gasteiger partial charge in [0.2, 0.25) is 5.91 Å². The summed E-state index contributed by atoms with van der Waals surface area (Å²) in [6.45, 7) is 1.92. The van der Waals surface area contributed by atoms with E-state index in [1.54, 1.807) is 12.1 Å². The van der Waals surface area contributed by atoms with E-state index in [1.165, 1.54) is 30.3 Å². The fourth-order valence-corrected chi connectivity index (χ4v) is 3.67. The number of benzene rings is 1. The van der Waals surface area contributed by atoms with Gasteiger partial charge in [-0.3, -0.25) is 14.9 Å². The van der Waals surface area contributed by atoms with E-state index in [-0.39, 0.29) is 11.6 Å². The Morgan fingerprint density at radius 3 is 2.78 bits per heavy atom. The smallest absolute Gasteiger partial charge is 0.269 e. The molecule has 1 aliphatic heterocycles. The first kappa shape index (κ1) is 19.2. The van der Waals surface area contributed by atoms with Crippen LogP contribution in [0.15, 0.2) is 29.4 Å². The lowest BCUT2D eigenvalue weighted by molar-refractivity contribution is -0.384. The van der Waals surface area contributed by atoms with E-state index in [0.29, 0.717) is 18.8 Å². The van der Waals surface area contributed by atoms with Crippen molar-refractivity contribution < 1.29 is 9.72 Å². The molecular weight excluding hydrogens is 368 g/mol. The van der Waals surface area contributed by atoms with Crippen molar-refractivity contribution in [2.24, 2.45) is 0 Å². The van der Waals surface area contributed by atoms with Crippen molar-refractivity contribution in [2.75, 3.05) is 24.2 Å². The van der Waals surface area contributed by atoms with Gasteiger partial charge in [-0.05, 0) is 25.0 Å². The first-order chi connectivity index (χ1) is 13.1. The van der Waals surface area contributed by atoms with Gasteiger partial charge in [0.05, 0.1) is 10.7 Å². The maximum absolute atomic E-state index is 12.0. The number of aryl methyl sites for hydroxylation is 1. The highest BCUT2D eigenvalue weighted by Gasteiger charge is 2.15. The molecule has 144 valence electrons. The molecule has 0 aliphatic carbocycles. The number of nitro groups is 1. The molecule has 10 heteroatoms. The second kappa shape index (κ2) is 9.36. The molecule has 1 amide bonds. The number of carbonyl (C=O) groups is 1. The Hall–Kier alpha value is -2.62. The van der Waals surface area contributed by atoms with Crippen molar-refractivity contribution in [1.29, 1.82) is 0 Å². The van der Waals surface area contributed by atoms with Gasteiger partial charge in [-0.1, -0.05) is 18.2 Å². The minimum atomic E-state index is -0.435. The number of hydrogen-bond acceptors (Lipinski definition) is 7. The highest BCUT2D eigenvalue weighted by molar-refractivity contribution is 7.99. The summed E-state index contributed by atoms with van der Waals surface area (Å²) >= 11 is 1.41. The van der Waals surface area contributed by atoms with Crippen LogP contribution < -0.4 is 10.6 Å². The number of hydrogen-bond donors (Lipinski definition) is 2. The average molecular weight is 390 g/mol. The Morgan fingerprint density at radius 1 is 1.19 bits per heavy atom. The second-order valence-electron chi connectivity index (χ2n) is 6.23. The van der Waals surface area contributed by atoms with Gasteiger partial charge in [0.25, 0.3) is 5.69 Å². The van der Waals surface area contributed by atoms with Gasteiger partial charge in [-0.15, -0.1) is 10.2 Å². The number of thioether (sulfide) groups is 1. The maximum atomic E-state index is 12.0. The molecule has 1 aromatic carbocycles. The second-order valence-corrected chi connectivity index (χ2v) is 7.17. The minimum Gasteiger partial charge on any atom is -0.383 e. The zero-order valence-corrected chi connectivity index (χ0v) is 15.7. The number of rotatable bonds is 8. The van der Waals surface area contributed by atoms with Crippen LogP contribution in [0, 0.1) is 10.1 Å². The molecule has 1 aliphatic rings. The Kier molecular flexibility index (Phi) is 6.64. The van der Waals surface area contributed by atoms with E-state index in [9.17, 15) is 14.9 Å². The molecule has 2 heterocycles. The number of aromatic nitrogens is 3. The molecule has 0 bridgehead atoms. The highest BCUT2D eigenvalue weighted by atomic mass is 32.2. The van der Waals surface area contributed by atoms with Gasteiger partial charge in [-0.2, -0.15) is 0 Å². The van der Waals surface area contributed by atoms with Gasteiger partial charge in [-0.25, -0.2) is 0 Å². The number of nitrogens with zero attached hydrogens (tertiary/aromatic N) is 4. The first-order valence-electron chi connectivity index (χ1n) is 8.93. The summed E-state index contributed by atoms with van der Waals surface area (Å²) in [5, 5.41) is 25.8. The summed E-state index contributed by atoms with van der Waals surface area (Å²) in [5.41, 5.74) is 0.827. The standard InChI is InChI=1S/C17H22N6O3S/c24-16(12-27-17-21-20-15-4-2-1-3-11-22(15)17)19-10-9-18-13-5-7-14(8-6-13)23(25)26/h5-8,18H,1-4,9-12H2,(H,19,24). The van der Waals surface area contributed by atoms with Crippen molar-refractivity contribution in [3.63, 3.8) is 0 Å². The molecule has 0 spiro atoms. The van der Waals surface area contributed by atoms with E-state index in [1.807, 2.05) is 0 Å². The lowest BCUT2D eigenvalue weighted by Gasteiger charge is -2.08. The molecule has 1 aromatic heterocycles. The van der Waals surface area contributed by atoms with E-state index >= 15 is 0 Å². The normalized spacial score (nSPS) is 13.5. The van der Waals surface area contributed by atoms with E-state index in [0.717, 1.165) is 42.5 Å². The molecule has 9 nitrogen and oxygen atoms in total. The van der Waals surface area contributed by atoms with Gasteiger partial charge in [0.15, 0.2) is 5.16 Å². The summed E-state index contributed by atoms with van der Waals surface area (Å²) in [7, 11) is 0. The number of nitrogens with one attached hydrogen (secondary N) is 2. The number of amides is 1. The molecule has 0 saturated carbocycles. The third-order valence-corrected chi connectivity index (χ3v) is 5.23. The molecule has 2 aromatic rings. The van der Waals surface area contributed by atoms with Gasteiger partial charge in [0, 0.05) is 43.9 Å². The zero-order valence-electron chi connectivity index (χ0n) is 14.9. The zero-order chi connectivity index (χ0) is 19.1. The fourth-order valence-electron chi connectivity index (χ4n) is 2.86. The Morgan fingerprint density at radius 2 is 2.00 bits per heavy atom. The summed E-state index contributed by atoms with van der Waals surface area (Å²) in [6, 6.07) is 6.18. The number of non-ortho nitro benzene ring substituents is 1. The van der Waals surface area contributed by atoms with Crippen molar-refractivity contribution >= 4 is 29.0 Å². The van der Waals surface area contributed by atoms with E-state index in [2.05, 4.69) is 25.4 Å². The van der Waals surface area contributed by atoms with Crippen molar-refractivity contribution in [3.8, 4) is 0 Å². The monoisotopic (exact) mass is 390 g/mol. The SMILES string of the molecule is O=C(CSc1nnc2n1CCCCC2)NCCNc1ccc([N+](=O)[O-])cc1. The third kappa shape index (κ3) is 5.43. The number of nitro benzene ring substituents is 1. The third-order valence-electron chi connectivity index (χ3n) is 4.26. The molecule has 0 saturated heterocycles. The van der Waals surface area contributed by atoms with Gasteiger partial charge >= 0.3 is 0 Å². The van der Waals surface area contributed by atoms with Crippen LogP contribution in [0.5, 0.6) is 0 Å². The molecule has 0 fully saturated rings. The van der Waals surface area contributed by atoms with E-state index < -0.39 is 4.92 Å². The van der Waals surface area contributed by atoms with Crippen LogP contribution in [-0.2, 0) is 17.8 Å². The maximum Gasteiger partial charge on any atom is 0.269 e. The molecule has 0 unspecified atom stereocenters. The Labute approximate surface area is 161 Å². The van der Waals surface area contributed by atoms with Crippen LogP contribution >= 0.6 is 11.8 Å². The summed E-state index contributed by atoms with van der Waals surface area (Å²) in [6.07, 6.45) is 4.42. The number of anilines is 1. The largest absolute Gasteiger partial charge is 0.383 e. The highest BCUT2D eigenvalue weighted by Crippen LogP contribution is 2.21. The van der Waals surface area contributed by atoms with Crippen LogP contribution in [0.2, 0.25) is 0 Å². The quantitative estimate of drug-likeness (QED) is 0.307. The van der Waals surface area contributed by atoms with Crippen molar-refractivity contribution in [1.82, 2.24) is 20.1 Å². The van der Waals surface area contributed by atoms with Crippen LogP contribution in [0.1, 0.15) is 25.1 Å². The van der Waals surface area contributed by atoms with Gasteiger partial charge in [0.1, 0.15) is 5.82 Å². The lowest BCUT2D eigenvalue weighted by Crippen LogP contribution is -2.30. The molecule has 0 atom stereocenters. The topological polar surface area (TPSA) is 115 Å². The fraction of sp³-hybridized carbons (Fsp3) is 0.471.